The van der Waals surface area contributed by atoms with Crippen LogP contribution in [0, 0.1) is 0 Å². The van der Waals surface area contributed by atoms with Gasteiger partial charge in [0.15, 0.2) is 0 Å². The first kappa shape index (κ1) is 15.9. The molecule has 1 atom stereocenters. The Hall–Kier alpha value is -0.160. The van der Waals surface area contributed by atoms with Gasteiger partial charge in [0.2, 0.25) is 0 Å². The Kier molecular flexibility index (Phi) is 8.59. The lowest BCUT2D eigenvalue weighted by Gasteiger charge is -2.13. The van der Waals surface area contributed by atoms with E-state index in [4.69, 9.17) is 21.1 Å². The molecule has 104 valence electrons. The van der Waals surface area contributed by atoms with Gasteiger partial charge >= 0.3 is 0 Å². The van der Waals surface area contributed by atoms with Crippen LogP contribution in [0.3, 0.4) is 0 Å². The van der Waals surface area contributed by atoms with Crippen molar-refractivity contribution in [3.63, 3.8) is 0 Å². The van der Waals surface area contributed by atoms with Crippen molar-refractivity contribution in [2.24, 2.45) is 0 Å². The Morgan fingerprint density at radius 3 is 2.78 bits per heavy atom. The zero-order valence-electron chi connectivity index (χ0n) is 11.2. The second-order valence-corrected chi connectivity index (χ2v) is 5.20. The van der Waals surface area contributed by atoms with Crippen LogP contribution in [0.4, 0.5) is 0 Å². The lowest BCUT2D eigenvalue weighted by molar-refractivity contribution is 0.00157. The molecule has 1 aromatic rings. The molecule has 0 spiro atoms. The van der Waals surface area contributed by atoms with E-state index in [1.807, 2.05) is 5.38 Å². The second kappa shape index (κ2) is 9.73. The third-order valence-corrected chi connectivity index (χ3v) is 3.80. The fourth-order valence-corrected chi connectivity index (χ4v) is 2.67. The molecule has 0 radical (unpaired) electrons. The summed E-state index contributed by atoms with van der Waals surface area (Å²) in [5.74, 6) is 0.465. The molecule has 0 saturated heterocycles. The Balaban J connectivity index is 2.25. The van der Waals surface area contributed by atoms with Gasteiger partial charge < -0.3 is 9.47 Å². The van der Waals surface area contributed by atoms with Crippen LogP contribution in [0.5, 0.6) is 0 Å². The number of rotatable bonds is 10. The number of hydrogen-bond acceptors (Lipinski definition) is 4. The summed E-state index contributed by atoms with van der Waals surface area (Å²) in [6.07, 6.45) is 3.27. The Morgan fingerprint density at radius 1 is 1.33 bits per heavy atom. The van der Waals surface area contributed by atoms with Gasteiger partial charge in [-0.05, 0) is 12.8 Å². The molecule has 1 heterocycles. The van der Waals surface area contributed by atoms with Crippen LogP contribution in [0.2, 0.25) is 0 Å². The van der Waals surface area contributed by atoms with Crippen LogP contribution in [-0.4, -0.2) is 24.8 Å². The van der Waals surface area contributed by atoms with Gasteiger partial charge in [-0.1, -0.05) is 20.3 Å². The average Bonchev–Trinajstić information content (AvgIpc) is 2.87. The van der Waals surface area contributed by atoms with Gasteiger partial charge in [0.1, 0.15) is 11.1 Å². The van der Waals surface area contributed by atoms with E-state index in [0.717, 1.165) is 30.2 Å². The number of nitrogens with zero attached hydrogens (tertiary/aromatic N) is 1. The van der Waals surface area contributed by atoms with Crippen LogP contribution in [0.1, 0.15) is 49.9 Å². The van der Waals surface area contributed by atoms with E-state index in [1.165, 1.54) is 6.42 Å². The Morgan fingerprint density at radius 2 is 2.17 bits per heavy atom. The van der Waals surface area contributed by atoms with E-state index in [1.54, 1.807) is 11.3 Å². The molecule has 0 aliphatic carbocycles. The molecule has 1 aromatic heterocycles. The molecule has 1 unspecified atom stereocenters. The highest BCUT2D eigenvalue weighted by Gasteiger charge is 2.13. The second-order valence-electron chi connectivity index (χ2n) is 4.04. The third-order valence-electron chi connectivity index (χ3n) is 2.54. The van der Waals surface area contributed by atoms with Gasteiger partial charge in [0.25, 0.3) is 0 Å². The van der Waals surface area contributed by atoms with Crippen LogP contribution in [0.15, 0.2) is 5.38 Å². The average molecular weight is 292 g/mol. The zero-order valence-corrected chi connectivity index (χ0v) is 12.7. The van der Waals surface area contributed by atoms with Crippen molar-refractivity contribution in [1.29, 1.82) is 0 Å². The Bertz CT molecular complexity index is 320. The first-order chi connectivity index (χ1) is 8.81. The van der Waals surface area contributed by atoms with Gasteiger partial charge in [0, 0.05) is 12.0 Å². The number of hydrogen-bond donors (Lipinski definition) is 0. The lowest BCUT2D eigenvalue weighted by atomic mass is 10.3. The van der Waals surface area contributed by atoms with E-state index in [2.05, 4.69) is 18.8 Å². The highest BCUT2D eigenvalue weighted by atomic mass is 35.5. The molecule has 0 fully saturated rings. The van der Waals surface area contributed by atoms with Gasteiger partial charge in [-0.15, -0.1) is 22.9 Å². The zero-order chi connectivity index (χ0) is 13.2. The molecule has 0 saturated carbocycles. The van der Waals surface area contributed by atoms with Crippen LogP contribution in [0.25, 0.3) is 0 Å². The maximum Gasteiger partial charge on any atom is 0.122 e. The fraction of sp³-hybridized carbons (Fsp3) is 0.769. The predicted molar refractivity (Wildman–Crippen MR) is 76.4 cm³/mol. The van der Waals surface area contributed by atoms with Crippen molar-refractivity contribution in [3.05, 3.63) is 16.1 Å². The molecule has 0 amide bonds. The highest BCUT2D eigenvalue weighted by molar-refractivity contribution is 7.09. The molecule has 0 aliphatic heterocycles. The minimum Gasteiger partial charge on any atom is -0.379 e. The summed E-state index contributed by atoms with van der Waals surface area (Å²) in [6.45, 7) is 6.36. The molecule has 18 heavy (non-hydrogen) atoms. The van der Waals surface area contributed by atoms with Crippen LogP contribution in [-0.2, 0) is 15.4 Å². The maximum absolute atomic E-state index is 5.80. The molecule has 0 aliphatic rings. The van der Waals surface area contributed by atoms with Crippen molar-refractivity contribution in [1.82, 2.24) is 4.98 Å². The van der Waals surface area contributed by atoms with Crippen LogP contribution < -0.4 is 0 Å². The van der Waals surface area contributed by atoms with Crippen molar-refractivity contribution in [2.75, 3.05) is 19.8 Å². The minimum atomic E-state index is 0.0711. The molecular weight excluding hydrogens is 270 g/mol. The summed E-state index contributed by atoms with van der Waals surface area (Å²) < 4.78 is 11.3. The summed E-state index contributed by atoms with van der Waals surface area (Å²) in [4.78, 5) is 4.45. The molecule has 3 nitrogen and oxygen atoms in total. The largest absolute Gasteiger partial charge is 0.379 e. The molecular formula is C13H22ClNO2S. The maximum atomic E-state index is 5.80. The van der Waals surface area contributed by atoms with Crippen molar-refractivity contribution in [2.45, 2.75) is 45.1 Å². The molecule has 5 heteroatoms. The summed E-state index contributed by atoms with van der Waals surface area (Å²) in [5, 5.41) is 3.01. The minimum absolute atomic E-state index is 0.0711. The third kappa shape index (κ3) is 5.65. The number of ether oxygens (including phenoxy) is 2. The van der Waals surface area contributed by atoms with Gasteiger partial charge in [0.05, 0.1) is 24.8 Å². The van der Waals surface area contributed by atoms with Crippen molar-refractivity contribution >= 4 is 22.9 Å². The number of thiazole rings is 1. The molecule has 0 N–H and O–H groups in total. The van der Waals surface area contributed by atoms with Crippen LogP contribution >= 0.6 is 22.9 Å². The molecule has 0 aromatic carbocycles. The SMILES string of the molecule is CCCCOCCOC(CC)c1nc(CCl)cs1. The van der Waals surface area contributed by atoms with E-state index in [9.17, 15) is 0 Å². The standard InChI is InChI=1S/C13H22ClNO2S/c1-3-5-6-16-7-8-17-12(4-2)13-15-11(9-14)10-18-13/h10,12H,3-9H2,1-2H3. The molecule has 0 bridgehead atoms. The van der Waals surface area contributed by atoms with E-state index in [-0.39, 0.29) is 6.10 Å². The molecule has 1 rings (SSSR count). The van der Waals surface area contributed by atoms with Gasteiger partial charge in [-0.25, -0.2) is 4.98 Å². The van der Waals surface area contributed by atoms with E-state index >= 15 is 0 Å². The highest BCUT2D eigenvalue weighted by Crippen LogP contribution is 2.24. The summed E-state index contributed by atoms with van der Waals surface area (Å²) in [6, 6.07) is 0. The first-order valence-electron chi connectivity index (χ1n) is 6.51. The number of alkyl halides is 1. The van der Waals surface area contributed by atoms with Gasteiger partial charge in [-0.3, -0.25) is 0 Å². The van der Waals surface area contributed by atoms with Crippen molar-refractivity contribution in [3.8, 4) is 0 Å². The predicted octanol–water partition coefficient (Wildman–Crippen LogP) is 4.17. The quantitative estimate of drug-likeness (QED) is 0.479. The number of aromatic nitrogens is 1. The van der Waals surface area contributed by atoms with E-state index < -0.39 is 0 Å². The van der Waals surface area contributed by atoms with E-state index in [0.29, 0.717) is 19.1 Å². The van der Waals surface area contributed by atoms with Gasteiger partial charge in [-0.2, -0.15) is 0 Å². The number of unbranched alkanes of at least 4 members (excludes halogenated alkanes) is 1. The summed E-state index contributed by atoms with van der Waals surface area (Å²) in [5.41, 5.74) is 0.929. The monoisotopic (exact) mass is 291 g/mol. The smallest absolute Gasteiger partial charge is 0.122 e. The first-order valence-corrected chi connectivity index (χ1v) is 7.92. The number of halogens is 1. The summed E-state index contributed by atoms with van der Waals surface area (Å²) >= 11 is 7.36. The Labute approximate surface area is 118 Å². The fourth-order valence-electron chi connectivity index (χ4n) is 1.49. The summed E-state index contributed by atoms with van der Waals surface area (Å²) in [7, 11) is 0. The topological polar surface area (TPSA) is 31.4 Å². The normalized spacial score (nSPS) is 12.8. The van der Waals surface area contributed by atoms with Crippen molar-refractivity contribution < 1.29 is 9.47 Å². The lowest BCUT2D eigenvalue weighted by Crippen LogP contribution is -2.10.